The Bertz CT molecular complexity index is 1060. The highest BCUT2D eigenvalue weighted by Gasteiger charge is 2.59. The summed E-state index contributed by atoms with van der Waals surface area (Å²) in [4.78, 5) is 14.6. The van der Waals surface area contributed by atoms with Crippen molar-refractivity contribution in [3.8, 4) is 11.5 Å². The van der Waals surface area contributed by atoms with Crippen molar-refractivity contribution in [3.05, 3.63) is 58.8 Å². The van der Waals surface area contributed by atoms with Crippen molar-refractivity contribution in [1.82, 2.24) is 0 Å². The first-order valence-electron chi connectivity index (χ1n) is 10.6. The van der Waals surface area contributed by atoms with Crippen molar-refractivity contribution in [1.29, 1.82) is 0 Å². The number of nitrogens with one attached hydrogen (secondary N) is 1. The van der Waals surface area contributed by atoms with Crippen LogP contribution in [0.3, 0.4) is 0 Å². The van der Waals surface area contributed by atoms with Crippen molar-refractivity contribution in [2.24, 2.45) is 0 Å². The summed E-state index contributed by atoms with van der Waals surface area (Å²) in [5.41, 5.74) is 1.07. The van der Waals surface area contributed by atoms with E-state index in [1.165, 1.54) is 13.2 Å². The van der Waals surface area contributed by atoms with Crippen LogP contribution in [0.25, 0.3) is 6.08 Å². The van der Waals surface area contributed by atoms with Crippen LogP contribution in [-0.4, -0.2) is 37.2 Å². The number of carbonyl (C=O) groups is 1. The molecule has 0 saturated heterocycles. The molecule has 32 heavy (non-hydrogen) atoms. The van der Waals surface area contributed by atoms with Crippen LogP contribution >= 0.6 is 0 Å². The third kappa shape index (κ3) is 3.31. The fourth-order valence-electron chi connectivity index (χ4n) is 4.55. The van der Waals surface area contributed by atoms with Gasteiger partial charge in [0.15, 0.2) is 17.2 Å². The molecule has 2 aliphatic heterocycles. The molecule has 0 amide bonds. The standard InChI is InChI=1S/C24H28N2O6/c1-5-12-31-21(27)15-25-19-9-7-6-8-18(19)23(2,3)24(25)11-10-16-13-17(26(28)29)14-20(30-4)22(16)32-24/h6-11,13-14,26,28H,5,12,15H2,1-4H3. The lowest BCUT2D eigenvalue weighted by Gasteiger charge is -2.47. The van der Waals surface area contributed by atoms with Crippen molar-refractivity contribution in [3.63, 3.8) is 0 Å². The number of para-hydroxylation sites is 1. The maximum atomic E-state index is 12.7. The van der Waals surface area contributed by atoms with Crippen LogP contribution in [0.15, 0.2) is 42.5 Å². The van der Waals surface area contributed by atoms with Gasteiger partial charge in [-0.05, 0) is 44.1 Å². The first kappa shape index (κ1) is 22.1. The van der Waals surface area contributed by atoms with E-state index in [4.69, 9.17) is 14.2 Å². The molecule has 2 unspecified atom stereocenters. The molecule has 4 rings (SSSR count). The fraction of sp³-hybridized carbons (Fsp3) is 0.375. The van der Waals surface area contributed by atoms with Gasteiger partial charge in [0, 0.05) is 23.4 Å². The minimum Gasteiger partial charge on any atom is -0.595 e. The second-order valence-corrected chi connectivity index (χ2v) is 8.48. The monoisotopic (exact) mass is 440 g/mol. The molecule has 0 radical (unpaired) electrons. The third-order valence-corrected chi connectivity index (χ3v) is 6.22. The average molecular weight is 440 g/mol. The number of methoxy groups -OCH3 is 1. The van der Waals surface area contributed by atoms with Crippen molar-refractivity contribution >= 4 is 23.4 Å². The number of esters is 1. The molecule has 170 valence electrons. The van der Waals surface area contributed by atoms with Crippen LogP contribution in [0.5, 0.6) is 11.5 Å². The summed E-state index contributed by atoms with van der Waals surface area (Å²) in [5.74, 6) is 0.423. The van der Waals surface area contributed by atoms with Crippen LogP contribution in [0.2, 0.25) is 0 Å². The number of fused-ring (bicyclic) bond motifs is 2. The zero-order valence-corrected chi connectivity index (χ0v) is 18.7. The molecule has 2 aromatic carbocycles. The molecule has 8 heteroatoms. The predicted molar refractivity (Wildman–Crippen MR) is 119 cm³/mol. The Hall–Kier alpha value is -3.07. The van der Waals surface area contributed by atoms with Gasteiger partial charge in [-0.3, -0.25) is 4.79 Å². The van der Waals surface area contributed by atoms with E-state index >= 15 is 0 Å². The predicted octanol–water partition coefficient (Wildman–Crippen LogP) is 2.95. The van der Waals surface area contributed by atoms with Gasteiger partial charge in [0.1, 0.15) is 6.54 Å². The van der Waals surface area contributed by atoms with Gasteiger partial charge in [0.05, 0.1) is 19.1 Å². The molecular formula is C24H28N2O6. The molecule has 1 spiro atoms. The number of carbonyl (C=O) groups excluding carboxylic acids is 1. The number of rotatable bonds is 6. The average Bonchev–Trinajstić information content (AvgIpc) is 2.95. The van der Waals surface area contributed by atoms with Gasteiger partial charge in [-0.1, -0.05) is 25.1 Å². The number of nitrogens with zero attached hydrogens (tertiary/aromatic N) is 1. The molecule has 0 bridgehead atoms. The number of hydrogen-bond acceptors (Lipinski definition) is 7. The van der Waals surface area contributed by atoms with E-state index in [1.807, 2.05) is 48.2 Å². The fourth-order valence-corrected chi connectivity index (χ4v) is 4.55. The molecule has 2 heterocycles. The molecular weight excluding hydrogens is 412 g/mol. The Labute approximate surface area is 187 Å². The van der Waals surface area contributed by atoms with E-state index in [0.717, 1.165) is 17.7 Å². The smallest absolute Gasteiger partial charge is 0.325 e. The number of benzene rings is 2. The lowest BCUT2D eigenvalue weighted by Crippen LogP contribution is -2.99. The molecule has 8 nitrogen and oxygen atoms in total. The molecule has 2 aliphatic rings. The van der Waals surface area contributed by atoms with Gasteiger partial charge in [-0.15, -0.1) is 0 Å². The Morgan fingerprint density at radius 2 is 2.03 bits per heavy atom. The van der Waals surface area contributed by atoms with Crippen molar-refractivity contribution in [2.45, 2.75) is 38.3 Å². The summed E-state index contributed by atoms with van der Waals surface area (Å²) < 4.78 is 17.5. The summed E-state index contributed by atoms with van der Waals surface area (Å²) >= 11 is 0. The lowest BCUT2D eigenvalue weighted by atomic mass is 9.76. The van der Waals surface area contributed by atoms with Gasteiger partial charge >= 0.3 is 5.97 Å². The van der Waals surface area contributed by atoms with E-state index in [2.05, 4.69) is 13.8 Å². The highest BCUT2D eigenvalue weighted by molar-refractivity contribution is 5.82. The molecule has 2 aromatic rings. The van der Waals surface area contributed by atoms with Gasteiger partial charge in [-0.25, -0.2) is 5.21 Å². The normalized spacial score (nSPS) is 21.0. The maximum Gasteiger partial charge on any atom is 0.325 e. The summed E-state index contributed by atoms with van der Waals surface area (Å²) in [6, 6.07) is 10.9. The Morgan fingerprint density at radius 1 is 1.28 bits per heavy atom. The number of anilines is 1. The Balaban J connectivity index is 1.84. The van der Waals surface area contributed by atoms with Crippen LogP contribution in [0.1, 0.15) is 38.3 Å². The zero-order valence-electron chi connectivity index (χ0n) is 18.7. The van der Waals surface area contributed by atoms with Gasteiger partial charge in [0.25, 0.3) is 0 Å². The van der Waals surface area contributed by atoms with Gasteiger partial charge in [0.2, 0.25) is 5.72 Å². The molecule has 0 saturated carbocycles. The van der Waals surface area contributed by atoms with E-state index in [9.17, 15) is 15.2 Å². The summed E-state index contributed by atoms with van der Waals surface area (Å²) in [5, 5.41) is 19.9. The first-order chi connectivity index (χ1) is 15.2. The van der Waals surface area contributed by atoms with E-state index in [-0.39, 0.29) is 18.2 Å². The Kier molecular flexibility index (Phi) is 5.62. The maximum absolute atomic E-state index is 12.7. The van der Waals surface area contributed by atoms with Crippen LogP contribution in [0.4, 0.5) is 11.4 Å². The third-order valence-electron chi connectivity index (χ3n) is 6.22. The molecule has 2 atom stereocenters. The zero-order chi connectivity index (χ0) is 23.1. The van der Waals surface area contributed by atoms with Crippen molar-refractivity contribution in [2.75, 3.05) is 25.2 Å². The highest BCUT2D eigenvalue weighted by Crippen LogP contribution is 2.56. The van der Waals surface area contributed by atoms with Crippen LogP contribution in [0, 0.1) is 5.21 Å². The molecule has 0 fully saturated rings. The summed E-state index contributed by atoms with van der Waals surface area (Å²) in [6.07, 6.45) is 4.48. The lowest BCUT2D eigenvalue weighted by molar-refractivity contribution is -0.991. The summed E-state index contributed by atoms with van der Waals surface area (Å²) in [6.45, 7) is 6.45. The van der Waals surface area contributed by atoms with Crippen molar-refractivity contribution < 1.29 is 29.4 Å². The molecule has 0 aromatic heterocycles. The SMILES string of the molecule is CCCOC(=O)CN1c2ccccc2C(C)(C)C12C=Cc1cc([NH+]([O-])O)cc(OC)c1O2. The number of hydrogen-bond donors (Lipinski definition) is 2. The number of quaternary nitrogens is 1. The highest BCUT2D eigenvalue weighted by atomic mass is 16.8. The largest absolute Gasteiger partial charge is 0.595 e. The van der Waals surface area contributed by atoms with Gasteiger partial charge < -0.3 is 24.3 Å². The first-order valence-corrected chi connectivity index (χ1v) is 10.6. The van der Waals surface area contributed by atoms with E-state index in [1.54, 1.807) is 6.07 Å². The van der Waals surface area contributed by atoms with Gasteiger partial charge in [-0.2, -0.15) is 5.23 Å². The second-order valence-electron chi connectivity index (χ2n) is 8.48. The van der Waals surface area contributed by atoms with E-state index < -0.39 is 16.4 Å². The Morgan fingerprint density at radius 3 is 2.72 bits per heavy atom. The molecule has 0 aliphatic carbocycles. The van der Waals surface area contributed by atoms with E-state index in [0.29, 0.717) is 23.7 Å². The van der Waals surface area contributed by atoms with Crippen LogP contribution < -0.4 is 19.6 Å². The van der Waals surface area contributed by atoms with Crippen LogP contribution in [-0.2, 0) is 14.9 Å². The second kappa shape index (κ2) is 8.12. The molecule has 2 N–H and O–H groups in total. The number of ether oxygens (including phenoxy) is 3. The minimum atomic E-state index is -1.05. The minimum absolute atomic E-state index is 0.00957. The topological polar surface area (TPSA) is 95.7 Å². The summed E-state index contributed by atoms with van der Waals surface area (Å²) in [7, 11) is 1.48. The quantitative estimate of drug-likeness (QED) is 0.527.